The summed E-state index contributed by atoms with van der Waals surface area (Å²) in [6.45, 7) is 5.84. The quantitative estimate of drug-likeness (QED) is 0.839. The van der Waals surface area contributed by atoms with E-state index in [1.807, 2.05) is 45.0 Å². The van der Waals surface area contributed by atoms with Crippen LogP contribution in [-0.2, 0) is 9.59 Å². The number of aliphatic carboxylic acids is 1. The molecule has 0 aliphatic heterocycles. The average molecular weight is 293 g/mol. The Morgan fingerprint density at radius 2 is 1.76 bits per heavy atom. The van der Waals surface area contributed by atoms with E-state index in [9.17, 15) is 9.59 Å². The molecule has 0 saturated carbocycles. The SMILES string of the molecule is COc1ccc(C(C)C(=O)N(CCC(=O)O)C(C)C)cc1. The maximum absolute atomic E-state index is 12.6. The number of carboxylic acids is 1. The molecule has 0 aromatic heterocycles. The molecule has 0 spiro atoms. The van der Waals surface area contributed by atoms with Crippen LogP contribution in [0, 0.1) is 0 Å². The molecule has 5 nitrogen and oxygen atoms in total. The fourth-order valence-corrected chi connectivity index (χ4v) is 2.12. The standard InChI is InChI=1S/C16H23NO4/c1-11(2)17(10-9-15(18)19)16(20)12(3)13-5-7-14(21-4)8-6-13/h5-8,11-12H,9-10H2,1-4H3,(H,18,19). The van der Waals surface area contributed by atoms with Crippen LogP contribution in [0.3, 0.4) is 0 Å². The highest BCUT2D eigenvalue weighted by Gasteiger charge is 2.24. The van der Waals surface area contributed by atoms with Gasteiger partial charge in [-0.2, -0.15) is 0 Å². The molecule has 0 saturated heterocycles. The summed E-state index contributed by atoms with van der Waals surface area (Å²) in [7, 11) is 1.59. The van der Waals surface area contributed by atoms with Crippen molar-refractivity contribution >= 4 is 11.9 Å². The predicted octanol–water partition coefficient (Wildman–Crippen LogP) is 2.51. The third-order valence-corrected chi connectivity index (χ3v) is 3.46. The summed E-state index contributed by atoms with van der Waals surface area (Å²) in [5.74, 6) is -0.529. The molecule has 1 aromatic carbocycles. The third-order valence-electron chi connectivity index (χ3n) is 3.46. The van der Waals surface area contributed by atoms with Gasteiger partial charge in [-0.15, -0.1) is 0 Å². The largest absolute Gasteiger partial charge is 0.497 e. The van der Waals surface area contributed by atoms with Crippen LogP contribution >= 0.6 is 0 Å². The number of methoxy groups -OCH3 is 1. The summed E-state index contributed by atoms with van der Waals surface area (Å²) < 4.78 is 5.10. The summed E-state index contributed by atoms with van der Waals surface area (Å²) in [5.41, 5.74) is 0.891. The number of carboxylic acid groups (broad SMARTS) is 1. The molecule has 1 N–H and O–H groups in total. The molecule has 1 atom stereocenters. The third kappa shape index (κ3) is 4.77. The summed E-state index contributed by atoms with van der Waals surface area (Å²) in [4.78, 5) is 24.9. The Balaban J connectivity index is 2.83. The molecule has 0 fully saturated rings. The van der Waals surface area contributed by atoms with Gasteiger partial charge in [0.15, 0.2) is 0 Å². The number of benzene rings is 1. The molecule has 1 rings (SSSR count). The first-order valence-corrected chi connectivity index (χ1v) is 7.03. The summed E-state index contributed by atoms with van der Waals surface area (Å²) in [6, 6.07) is 7.32. The zero-order chi connectivity index (χ0) is 16.0. The number of rotatable bonds is 7. The highest BCUT2D eigenvalue weighted by Crippen LogP contribution is 2.22. The van der Waals surface area contributed by atoms with E-state index in [-0.39, 0.29) is 30.8 Å². The molecule has 0 aliphatic carbocycles. The van der Waals surface area contributed by atoms with Crippen molar-refractivity contribution in [3.05, 3.63) is 29.8 Å². The summed E-state index contributed by atoms with van der Waals surface area (Å²) in [6.07, 6.45) is -0.0424. The Morgan fingerprint density at radius 3 is 2.19 bits per heavy atom. The number of amides is 1. The normalized spacial score (nSPS) is 12.0. The van der Waals surface area contributed by atoms with E-state index in [2.05, 4.69) is 0 Å². The molecular weight excluding hydrogens is 270 g/mol. The van der Waals surface area contributed by atoms with Crippen molar-refractivity contribution in [2.24, 2.45) is 0 Å². The molecule has 1 unspecified atom stereocenters. The molecule has 5 heteroatoms. The number of carbonyl (C=O) groups is 2. The minimum Gasteiger partial charge on any atom is -0.497 e. The molecular formula is C16H23NO4. The minimum absolute atomic E-state index is 0.0300. The summed E-state index contributed by atoms with van der Waals surface area (Å²) in [5, 5.41) is 8.79. The number of nitrogens with zero attached hydrogens (tertiary/aromatic N) is 1. The van der Waals surface area contributed by atoms with E-state index in [1.165, 1.54) is 0 Å². The molecule has 1 aromatic rings. The van der Waals surface area contributed by atoms with Crippen LogP contribution in [0.2, 0.25) is 0 Å². The Morgan fingerprint density at radius 1 is 1.19 bits per heavy atom. The molecule has 116 valence electrons. The van der Waals surface area contributed by atoms with Crippen molar-refractivity contribution < 1.29 is 19.4 Å². The first-order chi connectivity index (χ1) is 9.86. The molecule has 0 bridgehead atoms. The lowest BCUT2D eigenvalue weighted by molar-refractivity contribution is -0.139. The van der Waals surface area contributed by atoms with Crippen molar-refractivity contribution in [3.8, 4) is 5.75 Å². The van der Waals surface area contributed by atoms with Crippen molar-refractivity contribution in [1.29, 1.82) is 0 Å². The second-order valence-electron chi connectivity index (χ2n) is 5.26. The zero-order valence-electron chi connectivity index (χ0n) is 13.0. The molecule has 1 amide bonds. The van der Waals surface area contributed by atoms with E-state index in [0.29, 0.717) is 0 Å². The van der Waals surface area contributed by atoms with E-state index in [1.54, 1.807) is 12.0 Å². The monoisotopic (exact) mass is 293 g/mol. The van der Waals surface area contributed by atoms with Gasteiger partial charge < -0.3 is 14.7 Å². The lowest BCUT2D eigenvalue weighted by atomic mass is 9.99. The van der Waals surface area contributed by atoms with Crippen LogP contribution in [-0.4, -0.2) is 41.6 Å². The van der Waals surface area contributed by atoms with Gasteiger partial charge in [0, 0.05) is 12.6 Å². The van der Waals surface area contributed by atoms with Crippen LogP contribution < -0.4 is 4.74 Å². The van der Waals surface area contributed by atoms with Gasteiger partial charge in [-0.25, -0.2) is 0 Å². The zero-order valence-corrected chi connectivity index (χ0v) is 13.0. The maximum Gasteiger partial charge on any atom is 0.305 e. The van der Waals surface area contributed by atoms with E-state index in [4.69, 9.17) is 9.84 Å². The second kappa shape index (κ2) is 7.67. The van der Waals surface area contributed by atoms with E-state index < -0.39 is 5.97 Å². The van der Waals surface area contributed by atoms with Crippen molar-refractivity contribution in [1.82, 2.24) is 4.90 Å². The molecule has 0 heterocycles. The number of hydrogen-bond acceptors (Lipinski definition) is 3. The number of ether oxygens (including phenoxy) is 1. The van der Waals surface area contributed by atoms with Gasteiger partial charge >= 0.3 is 5.97 Å². The second-order valence-corrected chi connectivity index (χ2v) is 5.26. The molecule has 21 heavy (non-hydrogen) atoms. The molecule has 0 radical (unpaired) electrons. The molecule has 0 aliphatic rings. The van der Waals surface area contributed by atoms with Crippen molar-refractivity contribution in [3.63, 3.8) is 0 Å². The Bertz CT molecular complexity index is 482. The van der Waals surface area contributed by atoms with Gasteiger partial charge in [-0.1, -0.05) is 12.1 Å². The minimum atomic E-state index is -0.898. The maximum atomic E-state index is 12.6. The van der Waals surface area contributed by atoms with E-state index >= 15 is 0 Å². The van der Waals surface area contributed by atoms with Crippen LogP contribution in [0.15, 0.2) is 24.3 Å². The van der Waals surface area contributed by atoms with Crippen LogP contribution in [0.5, 0.6) is 5.75 Å². The smallest absolute Gasteiger partial charge is 0.305 e. The van der Waals surface area contributed by atoms with Gasteiger partial charge in [0.25, 0.3) is 0 Å². The van der Waals surface area contributed by atoms with Crippen molar-refractivity contribution in [2.75, 3.05) is 13.7 Å². The Kier molecular flexibility index (Phi) is 6.21. The fourth-order valence-electron chi connectivity index (χ4n) is 2.12. The van der Waals surface area contributed by atoms with Gasteiger partial charge in [0.1, 0.15) is 5.75 Å². The van der Waals surface area contributed by atoms with Gasteiger partial charge in [0.2, 0.25) is 5.91 Å². The highest BCUT2D eigenvalue weighted by molar-refractivity contribution is 5.84. The van der Waals surface area contributed by atoms with Gasteiger partial charge in [-0.05, 0) is 38.5 Å². The van der Waals surface area contributed by atoms with Crippen LogP contribution in [0.25, 0.3) is 0 Å². The number of hydrogen-bond donors (Lipinski definition) is 1. The highest BCUT2D eigenvalue weighted by atomic mass is 16.5. The Hall–Kier alpha value is -2.04. The first kappa shape index (κ1) is 17.0. The van der Waals surface area contributed by atoms with Gasteiger partial charge in [0.05, 0.1) is 19.4 Å². The number of carbonyl (C=O) groups excluding carboxylic acids is 1. The van der Waals surface area contributed by atoms with Gasteiger partial charge in [-0.3, -0.25) is 9.59 Å². The topological polar surface area (TPSA) is 66.8 Å². The van der Waals surface area contributed by atoms with Crippen LogP contribution in [0.1, 0.15) is 38.7 Å². The summed E-state index contributed by atoms with van der Waals surface area (Å²) >= 11 is 0. The fraction of sp³-hybridized carbons (Fsp3) is 0.500. The lowest BCUT2D eigenvalue weighted by Gasteiger charge is -2.29. The predicted molar refractivity (Wildman–Crippen MR) is 80.5 cm³/mol. The van der Waals surface area contributed by atoms with Crippen molar-refractivity contribution in [2.45, 2.75) is 39.2 Å². The lowest BCUT2D eigenvalue weighted by Crippen LogP contribution is -2.40. The first-order valence-electron chi connectivity index (χ1n) is 7.03. The van der Waals surface area contributed by atoms with Crippen LogP contribution in [0.4, 0.5) is 0 Å². The average Bonchev–Trinajstić information content (AvgIpc) is 2.45. The Labute approximate surface area is 125 Å². The van der Waals surface area contributed by atoms with E-state index in [0.717, 1.165) is 11.3 Å².